The number of thioether (sulfide) groups is 1. The fourth-order valence-electron chi connectivity index (χ4n) is 5.41. The van der Waals surface area contributed by atoms with Crippen molar-refractivity contribution in [2.24, 2.45) is 5.73 Å². The van der Waals surface area contributed by atoms with Crippen LogP contribution < -0.4 is 26.4 Å². The Morgan fingerprint density at radius 1 is 0.793 bits per heavy atom. The Bertz CT molecular complexity index is 2270. The zero-order chi connectivity index (χ0) is 43.2. The van der Waals surface area contributed by atoms with Crippen molar-refractivity contribution < 1.29 is 79.2 Å². The minimum atomic E-state index is -5.08. The molecule has 0 radical (unpaired) electrons. The van der Waals surface area contributed by atoms with Gasteiger partial charge in [0.2, 0.25) is 17.6 Å². The van der Waals surface area contributed by atoms with E-state index in [2.05, 4.69) is 16.0 Å². The van der Waals surface area contributed by atoms with Gasteiger partial charge in [0.1, 0.15) is 28.4 Å². The van der Waals surface area contributed by atoms with Crippen LogP contribution in [0.5, 0.6) is 17.2 Å². The van der Waals surface area contributed by atoms with Gasteiger partial charge in [-0.05, 0) is 42.2 Å². The number of halogens is 8. The number of amides is 3. The molecular formula is C36H28F8N4O9S. The Kier molecular flexibility index (Phi) is 13.9. The predicted molar refractivity (Wildman–Crippen MR) is 189 cm³/mol. The van der Waals surface area contributed by atoms with E-state index in [1.165, 1.54) is 66.4 Å². The van der Waals surface area contributed by atoms with Crippen molar-refractivity contribution in [3.8, 4) is 17.2 Å². The van der Waals surface area contributed by atoms with E-state index in [0.29, 0.717) is 23.3 Å². The molecule has 5 rings (SSSR count). The molecule has 8 N–H and O–H groups in total. The molecule has 2 atom stereocenters. The van der Waals surface area contributed by atoms with Crippen LogP contribution in [0.25, 0.3) is 0 Å². The number of anilines is 2. The van der Waals surface area contributed by atoms with Crippen LogP contribution in [0.4, 0.5) is 46.5 Å². The maximum atomic E-state index is 14.3. The fourth-order valence-corrected chi connectivity index (χ4v) is 5.90. The van der Waals surface area contributed by atoms with Crippen LogP contribution in [0.3, 0.4) is 0 Å². The maximum Gasteiger partial charge on any atom is 0.490 e. The number of hydrogen-bond acceptors (Lipinski definition) is 9. The van der Waals surface area contributed by atoms with Gasteiger partial charge in [0, 0.05) is 40.6 Å². The summed E-state index contributed by atoms with van der Waals surface area (Å²) in [6.07, 6.45) is -2.81. The third kappa shape index (κ3) is 9.92. The topological polar surface area (TPSA) is 217 Å². The van der Waals surface area contributed by atoms with Crippen molar-refractivity contribution in [1.82, 2.24) is 5.32 Å². The highest BCUT2D eigenvalue weighted by Crippen LogP contribution is 2.50. The second kappa shape index (κ2) is 18.2. The minimum Gasteiger partial charge on any atom is -0.507 e. The average Bonchev–Trinajstić information content (AvgIpc) is 3.16. The summed E-state index contributed by atoms with van der Waals surface area (Å²) in [6.45, 7) is -0.410. The quantitative estimate of drug-likeness (QED) is 0.0459. The molecule has 0 saturated heterocycles. The van der Waals surface area contributed by atoms with Crippen LogP contribution >= 0.6 is 11.8 Å². The second-order valence-electron chi connectivity index (χ2n) is 11.9. The monoisotopic (exact) mass is 844 g/mol. The number of alkyl halides is 3. The van der Waals surface area contributed by atoms with Gasteiger partial charge in [-0.3, -0.25) is 14.4 Å². The van der Waals surface area contributed by atoms with Crippen LogP contribution in [0, 0.1) is 29.1 Å². The lowest BCUT2D eigenvalue weighted by Crippen LogP contribution is -2.43. The molecule has 0 spiro atoms. The number of nitrogens with one attached hydrogen (secondary N) is 3. The number of phenols is 1. The number of carboxylic acids is 2. The highest BCUT2D eigenvalue weighted by atomic mass is 32.2. The summed E-state index contributed by atoms with van der Waals surface area (Å²) in [7, 11) is 0. The second-order valence-corrected chi connectivity index (χ2v) is 12.9. The normalized spacial score (nSPS) is 13.4. The first-order valence-corrected chi connectivity index (χ1v) is 17.5. The molecule has 2 unspecified atom stereocenters. The smallest absolute Gasteiger partial charge is 0.490 e. The van der Waals surface area contributed by atoms with E-state index >= 15 is 0 Å². The number of aromatic carboxylic acids is 1. The number of fused-ring (bicyclic) bond motifs is 2. The summed E-state index contributed by atoms with van der Waals surface area (Å²) in [5, 5.41) is 34.7. The van der Waals surface area contributed by atoms with Gasteiger partial charge in [-0.1, -0.05) is 24.3 Å². The molecule has 0 bridgehead atoms. The Morgan fingerprint density at radius 3 is 1.81 bits per heavy atom. The average molecular weight is 845 g/mol. The number of carboxylic acid groups (broad SMARTS) is 2. The number of carbonyl (C=O) groups is 5. The Balaban J connectivity index is 0.000000973. The van der Waals surface area contributed by atoms with Crippen LogP contribution in [0.15, 0.2) is 54.6 Å². The number of nitrogens with two attached hydrogens (primary N) is 1. The lowest BCUT2D eigenvalue weighted by atomic mass is 9.80. The zero-order valence-electron chi connectivity index (χ0n) is 29.3. The molecule has 1 aliphatic heterocycles. The summed E-state index contributed by atoms with van der Waals surface area (Å²) in [5.41, 5.74) is 4.42. The summed E-state index contributed by atoms with van der Waals surface area (Å²) in [4.78, 5) is 58.8. The van der Waals surface area contributed by atoms with Gasteiger partial charge in [-0.15, -0.1) is 0 Å². The van der Waals surface area contributed by atoms with E-state index in [1.54, 1.807) is 0 Å². The fraction of sp³-hybridized carbons (Fsp3) is 0.194. The first kappa shape index (κ1) is 44.3. The number of carbonyl (C=O) groups excluding carboxylic acids is 3. The molecule has 3 amide bonds. The third-order valence-electron chi connectivity index (χ3n) is 8.08. The number of aromatic hydroxyl groups is 1. The molecular weight excluding hydrogens is 816 g/mol. The van der Waals surface area contributed by atoms with Crippen molar-refractivity contribution >= 4 is 52.8 Å². The predicted octanol–water partition coefficient (Wildman–Crippen LogP) is 6.09. The molecule has 308 valence electrons. The number of aliphatic carboxylic acids is 1. The van der Waals surface area contributed by atoms with Gasteiger partial charge >= 0.3 is 18.1 Å². The molecule has 0 saturated carbocycles. The lowest BCUT2D eigenvalue weighted by molar-refractivity contribution is -0.192. The molecule has 0 fully saturated rings. The van der Waals surface area contributed by atoms with E-state index in [-0.39, 0.29) is 28.4 Å². The van der Waals surface area contributed by atoms with Gasteiger partial charge in [0.05, 0.1) is 12.6 Å². The van der Waals surface area contributed by atoms with E-state index < -0.39 is 100 Å². The van der Waals surface area contributed by atoms with Gasteiger partial charge in [0.15, 0.2) is 23.3 Å². The number of benzene rings is 4. The molecule has 58 heavy (non-hydrogen) atoms. The number of ether oxygens (including phenoxy) is 1. The molecule has 4 aromatic carbocycles. The SMILES string of the molecule is CSCCC(N)C(=O)NCC(=O)Nc1ccc2c(c1)Oc1cc(NC(=O)c3c(F)c(F)c(F)c(F)c3F)ccc1C2c1cccc(O)c1C(=O)O.O=C(O)C(F)(F)F. The van der Waals surface area contributed by atoms with Crippen LogP contribution in [-0.2, 0) is 14.4 Å². The van der Waals surface area contributed by atoms with Crippen LogP contribution in [0.2, 0.25) is 0 Å². The molecule has 1 aliphatic rings. The van der Waals surface area contributed by atoms with Gasteiger partial charge in [-0.25, -0.2) is 31.5 Å². The Labute approximate surface area is 325 Å². The molecule has 0 aliphatic carbocycles. The van der Waals surface area contributed by atoms with E-state index in [9.17, 15) is 64.5 Å². The molecule has 4 aromatic rings. The Morgan fingerprint density at radius 2 is 1.31 bits per heavy atom. The third-order valence-corrected chi connectivity index (χ3v) is 8.73. The standard InChI is InChI=1S/C34H27F5N4O7S.C2HF3O2/c1-51-10-9-19(40)32(46)41-13-23(45)42-14-5-7-16-21(11-14)50-22-12-15(43-33(47)26-27(35)29(37)31(39)30(38)28(26)36)6-8-17(22)24(16)18-3-2-4-20(44)25(18)34(48)49;3-2(4,5)1(6)7/h2-8,11-12,19,24,44H,9-10,13,40H2,1H3,(H,41,46)(H,42,45)(H,43,47)(H,48,49);(H,6,7). The van der Waals surface area contributed by atoms with Gasteiger partial charge < -0.3 is 41.7 Å². The van der Waals surface area contributed by atoms with E-state index in [4.69, 9.17) is 20.4 Å². The molecule has 13 nitrogen and oxygen atoms in total. The van der Waals surface area contributed by atoms with Gasteiger partial charge in [0.25, 0.3) is 5.91 Å². The van der Waals surface area contributed by atoms with Gasteiger partial charge in [-0.2, -0.15) is 24.9 Å². The first-order valence-electron chi connectivity index (χ1n) is 16.1. The molecule has 0 aromatic heterocycles. The van der Waals surface area contributed by atoms with E-state index in [0.717, 1.165) is 0 Å². The van der Waals surface area contributed by atoms with Crippen molar-refractivity contribution in [3.63, 3.8) is 0 Å². The number of rotatable bonds is 11. The zero-order valence-corrected chi connectivity index (χ0v) is 30.1. The first-order chi connectivity index (χ1) is 27.2. The summed E-state index contributed by atoms with van der Waals surface area (Å²) >= 11 is 1.51. The minimum absolute atomic E-state index is 0.0441. The van der Waals surface area contributed by atoms with Crippen LogP contribution in [0.1, 0.15) is 49.7 Å². The Hall–Kier alpha value is -6.42. The summed E-state index contributed by atoms with van der Waals surface area (Å²) in [6, 6.07) is 11.4. The highest BCUT2D eigenvalue weighted by molar-refractivity contribution is 7.98. The highest BCUT2D eigenvalue weighted by Gasteiger charge is 2.38. The summed E-state index contributed by atoms with van der Waals surface area (Å²) < 4.78 is 108. The van der Waals surface area contributed by atoms with Crippen molar-refractivity contribution in [2.75, 3.05) is 29.2 Å². The van der Waals surface area contributed by atoms with Crippen molar-refractivity contribution in [3.05, 3.63) is 112 Å². The lowest BCUT2D eigenvalue weighted by Gasteiger charge is -2.30. The maximum absolute atomic E-state index is 14.3. The molecule has 1 heterocycles. The molecule has 22 heteroatoms. The van der Waals surface area contributed by atoms with Crippen molar-refractivity contribution in [1.29, 1.82) is 0 Å². The van der Waals surface area contributed by atoms with Crippen LogP contribution in [-0.4, -0.2) is 75.8 Å². The van der Waals surface area contributed by atoms with E-state index in [1.807, 2.05) is 6.26 Å². The van der Waals surface area contributed by atoms with Crippen molar-refractivity contribution in [2.45, 2.75) is 24.6 Å². The number of hydrogen-bond donors (Lipinski definition) is 7. The largest absolute Gasteiger partial charge is 0.507 e. The summed E-state index contributed by atoms with van der Waals surface area (Å²) in [5.74, 6) is -19.6.